The van der Waals surface area contributed by atoms with E-state index in [1.54, 1.807) is 24.3 Å². The molecule has 1 N–H and O–H groups in total. The first kappa shape index (κ1) is 16.8. The molecule has 1 aliphatic rings. The molecule has 1 atom stereocenters. The highest BCUT2D eigenvalue weighted by Gasteiger charge is 2.25. The molecule has 3 rings (SSSR count). The topological polar surface area (TPSA) is 32.3 Å². The van der Waals surface area contributed by atoms with E-state index in [4.69, 9.17) is 11.6 Å². The molecule has 1 aliphatic heterocycles. The van der Waals surface area contributed by atoms with Crippen molar-refractivity contribution in [2.45, 2.75) is 32.7 Å². The minimum absolute atomic E-state index is 0.107. The van der Waals surface area contributed by atoms with Crippen LogP contribution < -0.4 is 10.2 Å². The zero-order chi connectivity index (χ0) is 17.3. The molecule has 0 aliphatic carbocycles. The molecular formula is C19H20ClFN2O. The Morgan fingerprint density at radius 2 is 2.12 bits per heavy atom. The van der Waals surface area contributed by atoms with Crippen LogP contribution in [0.4, 0.5) is 15.8 Å². The number of carbonyl (C=O) groups excluding carboxylic acids is 1. The number of carbonyl (C=O) groups is 1. The van der Waals surface area contributed by atoms with Gasteiger partial charge in [0, 0.05) is 22.4 Å². The first-order valence-electron chi connectivity index (χ1n) is 8.05. The number of halogens is 2. The molecule has 0 saturated carbocycles. The van der Waals surface area contributed by atoms with Gasteiger partial charge >= 0.3 is 0 Å². The van der Waals surface area contributed by atoms with Crippen molar-refractivity contribution in [3.8, 4) is 0 Å². The second-order valence-electron chi connectivity index (χ2n) is 6.30. The molecule has 1 unspecified atom stereocenters. The fraction of sp³-hybridized carbons (Fsp3) is 0.316. The Bertz CT molecular complexity index is 778. The molecule has 0 bridgehead atoms. The second-order valence-corrected chi connectivity index (χ2v) is 6.73. The lowest BCUT2D eigenvalue weighted by Crippen LogP contribution is -2.42. The van der Waals surface area contributed by atoms with E-state index >= 15 is 0 Å². The second kappa shape index (κ2) is 6.81. The summed E-state index contributed by atoms with van der Waals surface area (Å²) in [5.74, 6) is -0.341. The Hall–Kier alpha value is -2.07. The number of benzene rings is 2. The maximum Gasteiger partial charge on any atom is 0.243 e. The van der Waals surface area contributed by atoms with Crippen LogP contribution in [-0.2, 0) is 11.2 Å². The molecular weight excluding hydrogens is 327 g/mol. The lowest BCUT2D eigenvalue weighted by atomic mass is 9.96. The molecule has 1 heterocycles. The quantitative estimate of drug-likeness (QED) is 0.883. The Kier molecular flexibility index (Phi) is 4.76. The molecule has 0 spiro atoms. The average molecular weight is 347 g/mol. The third-order valence-electron chi connectivity index (χ3n) is 4.50. The third kappa shape index (κ3) is 3.54. The van der Waals surface area contributed by atoms with Gasteiger partial charge in [0.25, 0.3) is 0 Å². The van der Waals surface area contributed by atoms with Gasteiger partial charge in [0.05, 0.1) is 6.54 Å². The monoisotopic (exact) mass is 346 g/mol. The van der Waals surface area contributed by atoms with Crippen molar-refractivity contribution in [2.75, 3.05) is 16.8 Å². The summed E-state index contributed by atoms with van der Waals surface area (Å²) in [7, 11) is 0. The Morgan fingerprint density at radius 3 is 2.92 bits per heavy atom. The molecule has 0 fully saturated rings. The van der Waals surface area contributed by atoms with Gasteiger partial charge in [-0.1, -0.05) is 17.7 Å². The van der Waals surface area contributed by atoms with Crippen LogP contribution in [-0.4, -0.2) is 18.5 Å². The molecule has 0 aromatic heterocycles. The van der Waals surface area contributed by atoms with Crippen molar-refractivity contribution in [1.29, 1.82) is 0 Å². The van der Waals surface area contributed by atoms with Gasteiger partial charge in [-0.25, -0.2) is 4.39 Å². The first-order valence-corrected chi connectivity index (χ1v) is 8.43. The molecule has 24 heavy (non-hydrogen) atoms. The summed E-state index contributed by atoms with van der Waals surface area (Å²) in [5, 5.41) is 3.51. The van der Waals surface area contributed by atoms with E-state index in [0.717, 1.165) is 35.3 Å². The van der Waals surface area contributed by atoms with E-state index in [1.165, 1.54) is 6.07 Å². The van der Waals surface area contributed by atoms with Gasteiger partial charge in [0.2, 0.25) is 5.91 Å². The molecule has 0 radical (unpaired) electrons. The first-order chi connectivity index (χ1) is 11.4. The summed E-state index contributed by atoms with van der Waals surface area (Å²) >= 11 is 6.00. The third-order valence-corrected chi connectivity index (χ3v) is 4.74. The van der Waals surface area contributed by atoms with Crippen LogP contribution >= 0.6 is 11.6 Å². The number of amides is 1. The molecule has 2 aromatic rings. The predicted octanol–water partition coefficient (Wildman–Crippen LogP) is 4.57. The van der Waals surface area contributed by atoms with E-state index in [1.807, 2.05) is 17.9 Å². The predicted molar refractivity (Wildman–Crippen MR) is 96.3 cm³/mol. The number of nitrogens with one attached hydrogen (secondary N) is 1. The van der Waals surface area contributed by atoms with Crippen LogP contribution in [0.1, 0.15) is 24.5 Å². The largest absolute Gasteiger partial charge is 0.359 e. The van der Waals surface area contributed by atoms with Crippen LogP contribution in [0.5, 0.6) is 0 Å². The van der Waals surface area contributed by atoms with E-state index < -0.39 is 0 Å². The number of anilines is 2. The van der Waals surface area contributed by atoms with Crippen LogP contribution in [0.15, 0.2) is 36.4 Å². The molecule has 3 nitrogen and oxygen atoms in total. The summed E-state index contributed by atoms with van der Waals surface area (Å²) in [6.45, 7) is 4.24. The highest BCUT2D eigenvalue weighted by atomic mass is 35.5. The van der Waals surface area contributed by atoms with Gasteiger partial charge < -0.3 is 10.2 Å². The zero-order valence-corrected chi connectivity index (χ0v) is 14.5. The number of hydrogen-bond donors (Lipinski definition) is 1. The fourth-order valence-electron chi connectivity index (χ4n) is 3.11. The highest BCUT2D eigenvalue weighted by Crippen LogP contribution is 2.31. The lowest BCUT2D eigenvalue weighted by molar-refractivity contribution is -0.115. The van der Waals surface area contributed by atoms with E-state index in [2.05, 4.69) is 12.2 Å². The number of fused-ring (bicyclic) bond motifs is 1. The maximum atomic E-state index is 13.4. The molecule has 0 saturated heterocycles. The SMILES string of the molecule is Cc1ccc(Cl)cc1NC(=O)CN1c2ccc(F)cc2CCC1C. The number of aryl methyl sites for hydroxylation is 2. The zero-order valence-electron chi connectivity index (χ0n) is 13.8. The Balaban J connectivity index is 1.78. The van der Waals surface area contributed by atoms with Gasteiger partial charge in [0.15, 0.2) is 0 Å². The summed E-state index contributed by atoms with van der Waals surface area (Å²) in [5.41, 5.74) is 3.58. The minimum atomic E-state index is -0.234. The summed E-state index contributed by atoms with van der Waals surface area (Å²) in [6, 6.07) is 10.4. The lowest BCUT2D eigenvalue weighted by Gasteiger charge is -2.36. The number of rotatable bonds is 3. The van der Waals surface area contributed by atoms with Crippen LogP contribution in [0.2, 0.25) is 5.02 Å². The summed E-state index contributed by atoms with van der Waals surface area (Å²) in [6.07, 6.45) is 1.74. The van der Waals surface area contributed by atoms with Crippen molar-refractivity contribution in [3.63, 3.8) is 0 Å². The van der Waals surface area contributed by atoms with Gasteiger partial charge in [0.1, 0.15) is 5.82 Å². The van der Waals surface area contributed by atoms with Gasteiger partial charge in [-0.2, -0.15) is 0 Å². The summed E-state index contributed by atoms with van der Waals surface area (Å²) in [4.78, 5) is 14.5. The van der Waals surface area contributed by atoms with Crippen LogP contribution in [0, 0.1) is 12.7 Å². The van der Waals surface area contributed by atoms with Crippen molar-refractivity contribution in [3.05, 3.63) is 58.4 Å². The van der Waals surface area contributed by atoms with Gasteiger partial charge in [-0.05, 0) is 68.1 Å². The standard InChI is InChI=1S/C19H20ClFN2O/c1-12-3-6-15(20)10-17(12)22-19(24)11-23-13(2)4-5-14-9-16(21)7-8-18(14)23/h3,6-10,13H,4-5,11H2,1-2H3,(H,22,24). The highest BCUT2D eigenvalue weighted by molar-refractivity contribution is 6.31. The number of hydrogen-bond acceptors (Lipinski definition) is 2. The van der Waals surface area contributed by atoms with Crippen molar-refractivity contribution >= 4 is 28.9 Å². The van der Waals surface area contributed by atoms with E-state index in [0.29, 0.717) is 5.02 Å². The molecule has 5 heteroatoms. The number of nitrogens with zero attached hydrogens (tertiary/aromatic N) is 1. The van der Waals surface area contributed by atoms with Crippen molar-refractivity contribution in [2.24, 2.45) is 0 Å². The van der Waals surface area contributed by atoms with E-state index in [-0.39, 0.29) is 24.3 Å². The van der Waals surface area contributed by atoms with Gasteiger partial charge in [-0.15, -0.1) is 0 Å². The molecule has 1 amide bonds. The Labute approximate surface area is 146 Å². The smallest absolute Gasteiger partial charge is 0.243 e. The minimum Gasteiger partial charge on any atom is -0.359 e. The van der Waals surface area contributed by atoms with Crippen molar-refractivity contribution in [1.82, 2.24) is 0 Å². The molecule has 2 aromatic carbocycles. The van der Waals surface area contributed by atoms with Gasteiger partial charge in [-0.3, -0.25) is 4.79 Å². The maximum absolute atomic E-state index is 13.4. The summed E-state index contributed by atoms with van der Waals surface area (Å²) < 4.78 is 13.4. The molecule has 126 valence electrons. The van der Waals surface area contributed by atoms with Crippen molar-refractivity contribution < 1.29 is 9.18 Å². The fourth-order valence-corrected chi connectivity index (χ4v) is 3.28. The van der Waals surface area contributed by atoms with E-state index in [9.17, 15) is 9.18 Å². The van der Waals surface area contributed by atoms with Crippen LogP contribution in [0.3, 0.4) is 0 Å². The normalized spacial score (nSPS) is 16.7. The van der Waals surface area contributed by atoms with Crippen LogP contribution in [0.25, 0.3) is 0 Å². The average Bonchev–Trinajstić information content (AvgIpc) is 2.53. The Morgan fingerprint density at radius 1 is 1.33 bits per heavy atom.